The van der Waals surface area contributed by atoms with Gasteiger partial charge in [0.25, 0.3) is 0 Å². The van der Waals surface area contributed by atoms with E-state index in [1.807, 2.05) is 29.2 Å². The van der Waals surface area contributed by atoms with Crippen molar-refractivity contribution in [2.75, 3.05) is 13.1 Å². The average molecular weight is 391 g/mol. The monoisotopic (exact) mass is 390 g/mol. The second-order valence-electron chi connectivity index (χ2n) is 8.48. The van der Waals surface area contributed by atoms with Crippen LogP contribution in [0, 0.1) is 11.3 Å². The Hall–Kier alpha value is -1.55. The minimum Gasteiger partial charge on any atom is -0.347 e. The van der Waals surface area contributed by atoms with Crippen LogP contribution in [-0.4, -0.2) is 36.3 Å². The van der Waals surface area contributed by atoms with Gasteiger partial charge in [0.2, 0.25) is 12.3 Å². The number of nitrogens with zero attached hydrogens (tertiary/aromatic N) is 1. The Kier molecular flexibility index (Phi) is 6.80. The van der Waals surface area contributed by atoms with Crippen LogP contribution in [0.25, 0.3) is 0 Å². The van der Waals surface area contributed by atoms with Gasteiger partial charge in [-0.25, -0.2) is 0 Å². The Balaban J connectivity index is 1.60. The zero-order chi connectivity index (χ0) is 19.3. The summed E-state index contributed by atoms with van der Waals surface area (Å²) in [6.07, 6.45) is 10.0. The molecule has 0 unspecified atom stereocenters. The summed E-state index contributed by atoms with van der Waals surface area (Å²) >= 11 is 5.94. The maximum absolute atomic E-state index is 13.0. The van der Waals surface area contributed by atoms with E-state index in [4.69, 9.17) is 11.6 Å². The lowest BCUT2D eigenvalue weighted by Crippen LogP contribution is -2.52. The summed E-state index contributed by atoms with van der Waals surface area (Å²) in [5, 5.41) is 3.39. The predicted molar refractivity (Wildman–Crippen MR) is 109 cm³/mol. The topological polar surface area (TPSA) is 49.4 Å². The van der Waals surface area contributed by atoms with Gasteiger partial charge in [-0.1, -0.05) is 49.9 Å². The molecule has 4 nitrogen and oxygen atoms in total. The first-order valence-corrected chi connectivity index (χ1v) is 10.6. The average Bonchev–Trinajstić information content (AvgIpc) is 2.70. The second-order valence-corrected chi connectivity index (χ2v) is 8.92. The Morgan fingerprint density at radius 2 is 1.85 bits per heavy atom. The van der Waals surface area contributed by atoms with E-state index in [2.05, 4.69) is 12.2 Å². The summed E-state index contributed by atoms with van der Waals surface area (Å²) in [6, 6.07) is 6.94. The number of nitrogens with one attached hydrogen (secondary N) is 1. The van der Waals surface area contributed by atoms with Gasteiger partial charge < -0.3 is 10.2 Å². The number of piperidine rings is 1. The van der Waals surface area contributed by atoms with E-state index in [0.717, 1.165) is 37.4 Å². The molecule has 5 heteroatoms. The van der Waals surface area contributed by atoms with Gasteiger partial charge in [-0.3, -0.25) is 9.59 Å². The molecule has 1 aromatic carbocycles. The number of benzene rings is 1. The molecular weight excluding hydrogens is 360 g/mol. The molecule has 148 valence electrons. The maximum atomic E-state index is 13.0. The van der Waals surface area contributed by atoms with Gasteiger partial charge in [0.05, 0.1) is 0 Å². The molecule has 0 spiro atoms. The van der Waals surface area contributed by atoms with Crippen molar-refractivity contribution in [2.45, 2.75) is 64.3 Å². The SMILES string of the molecule is CC1(C2CCCCC2)CCN(C(=O)[C@@H](Cc2ccc(Cl)cc2)NC=O)CC1. The van der Waals surface area contributed by atoms with Crippen molar-refractivity contribution in [1.82, 2.24) is 10.2 Å². The summed E-state index contributed by atoms with van der Waals surface area (Å²) in [4.78, 5) is 26.0. The fraction of sp³-hybridized carbons (Fsp3) is 0.636. The van der Waals surface area contributed by atoms with Crippen molar-refractivity contribution in [1.29, 1.82) is 0 Å². The number of hydrogen-bond donors (Lipinski definition) is 1. The Bertz CT molecular complexity index is 632. The maximum Gasteiger partial charge on any atom is 0.245 e. The molecule has 1 aliphatic heterocycles. The molecule has 2 amide bonds. The highest BCUT2D eigenvalue weighted by molar-refractivity contribution is 6.30. The summed E-state index contributed by atoms with van der Waals surface area (Å²) in [5.41, 5.74) is 1.36. The van der Waals surface area contributed by atoms with Crippen LogP contribution in [0.2, 0.25) is 5.02 Å². The van der Waals surface area contributed by atoms with E-state index < -0.39 is 6.04 Å². The smallest absolute Gasteiger partial charge is 0.245 e. The van der Waals surface area contributed by atoms with E-state index in [1.54, 1.807) is 0 Å². The summed E-state index contributed by atoms with van der Waals surface area (Å²) < 4.78 is 0. The molecule has 2 fully saturated rings. The van der Waals surface area contributed by atoms with Crippen LogP contribution in [0.5, 0.6) is 0 Å². The standard InChI is InChI=1S/C22H31ClN2O2/c1-22(18-5-3-2-4-6-18)11-13-25(14-12-22)21(27)20(24-16-26)15-17-7-9-19(23)10-8-17/h7-10,16,18,20H,2-6,11-15H2,1H3,(H,24,26)/t20-/m1/s1. The molecule has 1 saturated heterocycles. The third-order valence-corrected chi connectivity index (χ3v) is 6.98. The Morgan fingerprint density at radius 3 is 2.44 bits per heavy atom. The van der Waals surface area contributed by atoms with Gasteiger partial charge in [-0.15, -0.1) is 0 Å². The molecule has 27 heavy (non-hydrogen) atoms. The third-order valence-electron chi connectivity index (χ3n) is 6.73. The first-order valence-electron chi connectivity index (χ1n) is 10.2. The summed E-state index contributed by atoms with van der Waals surface area (Å²) in [6.45, 7) is 4.01. The van der Waals surface area contributed by atoms with E-state index in [-0.39, 0.29) is 5.91 Å². The van der Waals surface area contributed by atoms with Crippen molar-refractivity contribution in [2.24, 2.45) is 11.3 Å². The van der Waals surface area contributed by atoms with E-state index in [0.29, 0.717) is 23.3 Å². The highest BCUT2D eigenvalue weighted by Gasteiger charge is 2.39. The number of rotatable bonds is 6. The molecule has 0 aromatic heterocycles. The van der Waals surface area contributed by atoms with Gasteiger partial charge in [0.15, 0.2) is 0 Å². The molecule has 1 saturated carbocycles. The van der Waals surface area contributed by atoms with Crippen molar-refractivity contribution in [3.8, 4) is 0 Å². The third kappa shape index (κ3) is 5.04. The van der Waals surface area contributed by atoms with Crippen LogP contribution in [-0.2, 0) is 16.0 Å². The van der Waals surface area contributed by atoms with Crippen LogP contribution < -0.4 is 5.32 Å². The molecule has 1 aliphatic carbocycles. The number of likely N-dealkylation sites (tertiary alicyclic amines) is 1. The van der Waals surface area contributed by atoms with E-state index >= 15 is 0 Å². The zero-order valence-corrected chi connectivity index (χ0v) is 17.0. The minimum absolute atomic E-state index is 0.0303. The lowest BCUT2D eigenvalue weighted by atomic mass is 9.65. The molecule has 1 N–H and O–H groups in total. The van der Waals surface area contributed by atoms with Gasteiger partial charge in [-0.05, 0) is 54.7 Å². The largest absolute Gasteiger partial charge is 0.347 e. The minimum atomic E-state index is -0.511. The zero-order valence-electron chi connectivity index (χ0n) is 16.3. The highest BCUT2D eigenvalue weighted by Crippen LogP contribution is 2.45. The molecule has 1 heterocycles. The fourth-order valence-electron chi connectivity index (χ4n) is 4.82. The Labute approximate surface area is 167 Å². The van der Waals surface area contributed by atoms with E-state index in [1.165, 1.54) is 32.1 Å². The number of amides is 2. The van der Waals surface area contributed by atoms with Crippen LogP contribution in [0.4, 0.5) is 0 Å². The summed E-state index contributed by atoms with van der Waals surface area (Å²) in [7, 11) is 0. The Morgan fingerprint density at radius 1 is 1.22 bits per heavy atom. The number of halogens is 1. The number of hydrogen-bond acceptors (Lipinski definition) is 2. The van der Waals surface area contributed by atoms with Crippen molar-refractivity contribution >= 4 is 23.9 Å². The van der Waals surface area contributed by atoms with Crippen LogP contribution in [0.15, 0.2) is 24.3 Å². The normalized spacial score (nSPS) is 21.5. The van der Waals surface area contributed by atoms with Gasteiger partial charge in [0, 0.05) is 24.5 Å². The van der Waals surface area contributed by atoms with E-state index in [9.17, 15) is 9.59 Å². The lowest BCUT2D eigenvalue weighted by molar-refractivity contribution is -0.137. The molecule has 3 rings (SSSR count). The first kappa shape index (κ1) is 20.2. The molecular formula is C22H31ClN2O2. The molecule has 1 aromatic rings. The van der Waals surface area contributed by atoms with Crippen molar-refractivity contribution in [3.63, 3.8) is 0 Å². The number of carbonyl (C=O) groups excluding carboxylic acids is 2. The molecule has 2 aliphatic rings. The fourth-order valence-corrected chi connectivity index (χ4v) is 4.95. The first-order chi connectivity index (χ1) is 13.0. The molecule has 0 bridgehead atoms. The highest BCUT2D eigenvalue weighted by atomic mass is 35.5. The van der Waals surface area contributed by atoms with Crippen LogP contribution >= 0.6 is 11.6 Å². The van der Waals surface area contributed by atoms with Crippen molar-refractivity contribution < 1.29 is 9.59 Å². The number of carbonyl (C=O) groups is 2. The van der Waals surface area contributed by atoms with Crippen molar-refractivity contribution in [3.05, 3.63) is 34.9 Å². The molecule has 0 radical (unpaired) electrons. The van der Waals surface area contributed by atoms with Gasteiger partial charge in [0.1, 0.15) is 6.04 Å². The summed E-state index contributed by atoms with van der Waals surface area (Å²) in [5.74, 6) is 0.837. The second kappa shape index (κ2) is 9.09. The van der Waals surface area contributed by atoms with Crippen LogP contribution in [0.3, 0.4) is 0 Å². The quantitative estimate of drug-likeness (QED) is 0.740. The van der Waals surface area contributed by atoms with Gasteiger partial charge in [-0.2, -0.15) is 0 Å². The van der Waals surface area contributed by atoms with Gasteiger partial charge >= 0.3 is 0 Å². The lowest BCUT2D eigenvalue weighted by Gasteiger charge is -2.46. The molecule has 1 atom stereocenters. The predicted octanol–water partition coefficient (Wildman–Crippen LogP) is 4.21. The van der Waals surface area contributed by atoms with Crippen LogP contribution in [0.1, 0.15) is 57.4 Å².